The van der Waals surface area contributed by atoms with Gasteiger partial charge in [0, 0.05) is 33.6 Å². The lowest BCUT2D eigenvalue weighted by Crippen LogP contribution is -2.59. The molecular weight excluding hydrogens is 598 g/mol. The van der Waals surface area contributed by atoms with E-state index >= 15 is 0 Å². The minimum atomic E-state index is -1.68. The summed E-state index contributed by atoms with van der Waals surface area (Å²) in [5, 5.41) is 10.9. The van der Waals surface area contributed by atoms with Gasteiger partial charge in [0.1, 0.15) is 11.6 Å². The number of hydrogen-bond donors (Lipinski definition) is 1. The van der Waals surface area contributed by atoms with Gasteiger partial charge in [0.05, 0.1) is 6.10 Å². The molecule has 6 heteroatoms. The van der Waals surface area contributed by atoms with Gasteiger partial charge in [0.15, 0.2) is 0 Å². The molecule has 2 unspecified atom stereocenters. The van der Waals surface area contributed by atoms with Crippen LogP contribution in [0.5, 0.6) is 0 Å². The first-order valence-corrected chi connectivity index (χ1v) is 18.4. The number of β-amino-alcohol motifs (C(OH)–C–C–N with tert-alkyl or cyclic N) is 1. The summed E-state index contributed by atoms with van der Waals surface area (Å²) in [4.78, 5) is 15.5. The van der Waals surface area contributed by atoms with Crippen LogP contribution in [-0.2, 0) is 24.6 Å². The molecule has 1 aliphatic rings. The number of benzene rings is 3. The fourth-order valence-electron chi connectivity index (χ4n) is 7.28. The average molecular weight is 658 g/mol. The van der Waals surface area contributed by atoms with Gasteiger partial charge in [-0.15, -0.1) is 0 Å². The smallest absolute Gasteiger partial charge is 0.305 e. The Bertz CT molecular complexity index is 1200. The van der Waals surface area contributed by atoms with Crippen LogP contribution in [0.3, 0.4) is 0 Å². The summed E-state index contributed by atoms with van der Waals surface area (Å²) in [6.45, 7) is 2.48. The first-order valence-electron chi connectivity index (χ1n) is 18.4. The van der Waals surface area contributed by atoms with Crippen molar-refractivity contribution in [2.24, 2.45) is 0 Å². The van der Waals surface area contributed by atoms with Crippen LogP contribution in [0.2, 0.25) is 0 Å². The first kappa shape index (κ1) is 37.8. The molecule has 0 radical (unpaired) electrons. The maximum absolute atomic E-state index is 13.8. The Morgan fingerprint density at radius 2 is 1.06 bits per heavy atom. The number of ether oxygens (including phenoxy) is 3. The molecule has 0 spiro atoms. The highest BCUT2D eigenvalue weighted by atomic mass is 16.9. The zero-order valence-electron chi connectivity index (χ0n) is 29.7. The Balaban J connectivity index is 1.46. The van der Waals surface area contributed by atoms with Crippen molar-refractivity contribution >= 4 is 5.91 Å². The highest BCUT2D eigenvalue weighted by Gasteiger charge is 2.56. The highest BCUT2D eigenvalue weighted by Crippen LogP contribution is 2.46. The number of carbonyl (C=O) groups excluding carboxylic acids is 1. The molecule has 1 saturated heterocycles. The minimum absolute atomic E-state index is 0.00793. The Hall–Kier alpha value is -3.03. The molecule has 1 fully saturated rings. The number of carbonyl (C=O) groups is 1. The van der Waals surface area contributed by atoms with E-state index in [4.69, 9.17) is 14.2 Å². The van der Waals surface area contributed by atoms with E-state index in [0.717, 1.165) is 36.0 Å². The molecule has 1 aliphatic heterocycles. The van der Waals surface area contributed by atoms with Gasteiger partial charge in [-0.2, -0.15) is 0 Å². The molecule has 4 rings (SSSR count). The number of hydrogen-bond acceptors (Lipinski definition) is 5. The maximum Gasteiger partial charge on any atom is 0.305 e. The van der Waals surface area contributed by atoms with Gasteiger partial charge in [-0.3, -0.25) is 4.79 Å². The number of aliphatic hydroxyl groups is 1. The molecule has 48 heavy (non-hydrogen) atoms. The van der Waals surface area contributed by atoms with Crippen molar-refractivity contribution in [3.05, 3.63) is 108 Å². The lowest BCUT2D eigenvalue weighted by atomic mass is 9.80. The van der Waals surface area contributed by atoms with Gasteiger partial charge >= 0.3 is 5.97 Å². The van der Waals surface area contributed by atoms with E-state index in [-0.39, 0.29) is 18.9 Å². The summed E-state index contributed by atoms with van der Waals surface area (Å²) in [5.74, 6) is -1.68. The number of unbranched alkanes of at least 4 members (excludes halogenated alkanes) is 12. The van der Waals surface area contributed by atoms with E-state index in [1.807, 2.05) is 91.0 Å². The predicted molar refractivity (Wildman–Crippen MR) is 193 cm³/mol. The maximum atomic E-state index is 13.8. The summed E-state index contributed by atoms with van der Waals surface area (Å²) in [5.41, 5.74) is 1.53. The normalized spacial score (nSPS) is 16.8. The third-order valence-electron chi connectivity index (χ3n) is 9.91. The summed E-state index contributed by atoms with van der Waals surface area (Å²) < 4.78 is 19.7. The first-order chi connectivity index (χ1) is 23.5. The fourth-order valence-corrected chi connectivity index (χ4v) is 7.28. The molecule has 2 atom stereocenters. The molecule has 0 bridgehead atoms. The van der Waals surface area contributed by atoms with Crippen LogP contribution >= 0.6 is 0 Å². The van der Waals surface area contributed by atoms with Gasteiger partial charge in [-0.1, -0.05) is 175 Å². The van der Waals surface area contributed by atoms with Crippen molar-refractivity contribution in [2.75, 3.05) is 20.8 Å². The van der Waals surface area contributed by atoms with Crippen molar-refractivity contribution in [3.63, 3.8) is 0 Å². The molecule has 262 valence electrons. The predicted octanol–water partition coefficient (Wildman–Crippen LogP) is 9.38. The Morgan fingerprint density at radius 3 is 1.46 bits per heavy atom. The summed E-state index contributed by atoms with van der Waals surface area (Å²) in [6.07, 6.45) is 16.3. The van der Waals surface area contributed by atoms with Crippen molar-refractivity contribution in [2.45, 2.75) is 127 Å². The van der Waals surface area contributed by atoms with Gasteiger partial charge in [0.2, 0.25) is 5.91 Å². The molecule has 0 aliphatic carbocycles. The summed E-state index contributed by atoms with van der Waals surface area (Å²) in [7, 11) is 3.10. The topological polar surface area (TPSA) is 68.2 Å². The molecule has 0 aromatic heterocycles. The number of amides is 1. The zero-order valence-corrected chi connectivity index (χ0v) is 29.7. The van der Waals surface area contributed by atoms with Crippen LogP contribution in [0, 0.1) is 0 Å². The average Bonchev–Trinajstić information content (AvgIpc) is 3.54. The van der Waals surface area contributed by atoms with Crippen molar-refractivity contribution < 1.29 is 24.1 Å². The fraction of sp³-hybridized carbons (Fsp3) is 0.548. The van der Waals surface area contributed by atoms with Crippen LogP contribution in [-0.4, -0.2) is 54.8 Å². The molecule has 1 amide bonds. The largest absolute Gasteiger partial charge is 0.391 e. The van der Waals surface area contributed by atoms with E-state index in [0.29, 0.717) is 6.42 Å². The number of nitrogens with zero attached hydrogens (tertiary/aromatic N) is 1. The lowest BCUT2D eigenvalue weighted by molar-refractivity contribution is -0.405. The molecule has 0 saturated carbocycles. The minimum Gasteiger partial charge on any atom is -0.391 e. The van der Waals surface area contributed by atoms with Gasteiger partial charge in [-0.25, -0.2) is 0 Å². The van der Waals surface area contributed by atoms with E-state index in [2.05, 4.69) is 6.92 Å². The second-order valence-electron chi connectivity index (χ2n) is 13.3. The number of aliphatic hydroxyl groups excluding tert-OH is 1. The zero-order chi connectivity index (χ0) is 34.1. The number of methoxy groups -OCH3 is 2. The van der Waals surface area contributed by atoms with E-state index in [9.17, 15) is 9.90 Å². The van der Waals surface area contributed by atoms with Crippen LogP contribution < -0.4 is 0 Å². The number of likely N-dealkylation sites (tertiary alicyclic amines) is 1. The third-order valence-corrected chi connectivity index (χ3v) is 9.91. The van der Waals surface area contributed by atoms with Crippen LogP contribution in [0.4, 0.5) is 0 Å². The molecule has 6 nitrogen and oxygen atoms in total. The second kappa shape index (κ2) is 19.8. The quantitative estimate of drug-likeness (QED) is 0.0663. The standard InChI is InChI=1S/C42H59NO5/c1-4-5-6-7-8-9-10-11-12-13-14-15-25-32-40(45)43-34-38(44)33-39(43)42(46-2,47-3)48-41(35-26-19-16-20-27-35,36-28-21-17-22-29-36)37-30-23-18-24-31-37/h16-24,26-31,38-39,44H,4-15,25,32-34H2,1-3H3. The SMILES string of the molecule is CCCCCCCCCCCCCCCC(=O)N1CC(O)CC1C(OC)(OC)OC(c1ccccc1)(c1ccccc1)c1ccccc1. The van der Waals surface area contributed by atoms with Crippen LogP contribution in [0.15, 0.2) is 91.0 Å². The molecule has 1 heterocycles. The lowest BCUT2D eigenvalue weighted by Gasteiger charge is -2.47. The summed E-state index contributed by atoms with van der Waals surface area (Å²) in [6, 6.07) is 29.5. The van der Waals surface area contributed by atoms with Gasteiger partial charge in [0.25, 0.3) is 0 Å². The van der Waals surface area contributed by atoms with Crippen molar-refractivity contribution in [1.29, 1.82) is 0 Å². The van der Waals surface area contributed by atoms with E-state index in [1.54, 1.807) is 19.1 Å². The summed E-state index contributed by atoms with van der Waals surface area (Å²) >= 11 is 0. The van der Waals surface area contributed by atoms with E-state index in [1.165, 1.54) is 64.2 Å². The molecule has 1 N–H and O–H groups in total. The molecule has 3 aromatic rings. The highest BCUT2D eigenvalue weighted by molar-refractivity contribution is 5.77. The van der Waals surface area contributed by atoms with Crippen LogP contribution in [0.1, 0.15) is 120 Å². The van der Waals surface area contributed by atoms with Crippen molar-refractivity contribution in [1.82, 2.24) is 4.90 Å². The molecule has 3 aromatic carbocycles. The third kappa shape index (κ3) is 9.78. The Morgan fingerprint density at radius 1 is 0.667 bits per heavy atom. The number of rotatable bonds is 22. The van der Waals surface area contributed by atoms with Gasteiger partial charge in [-0.05, 0) is 23.1 Å². The second-order valence-corrected chi connectivity index (χ2v) is 13.3. The van der Waals surface area contributed by atoms with Crippen LogP contribution in [0.25, 0.3) is 0 Å². The van der Waals surface area contributed by atoms with Gasteiger partial charge < -0.3 is 24.2 Å². The van der Waals surface area contributed by atoms with Crippen molar-refractivity contribution in [3.8, 4) is 0 Å². The Kier molecular flexibility index (Phi) is 15.6. The van der Waals surface area contributed by atoms with E-state index < -0.39 is 23.7 Å². The monoisotopic (exact) mass is 657 g/mol. The Labute approximate surface area is 289 Å². The molecular formula is C42H59NO5.